The average molecular weight is 399 g/mol. The minimum atomic E-state index is -1.07. The van der Waals surface area contributed by atoms with Crippen LogP contribution in [0, 0.1) is 6.92 Å². The van der Waals surface area contributed by atoms with Gasteiger partial charge in [0.2, 0.25) is 0 Å². The Hall–Kier alpha value is -4.20. The maximum Gasteiger partial charge on any atom is 0.334 e. The smallest absolute Gasteiger partial charge is 0.334 e. The number of aromatic nitrogens is 5. The van der Waals surface area contributed by atoms with E-state index >= 15 is 0 Å². The average Bonchev–Trinajstić information content (AvgIpc) is 3.29. The molecule has 0 atom stereocenters. The Morgan fingerprint density at radius 2 is 1.87 bits per heavy atom. The highest BCUT2D eigenvalue weighted by Gasteiger charge is 2.18. The first-order chi connectivity index (χ1) is 14.5. The molecule has 5 aromatic rings. The molecule has 1 aromatic carbocycles. The summed E-state index contributed by atoms with van der Waals surface area (Å²) in [5.74, 6) is -1.07. The Balaban J connectivity index is 1.67. The molecule has 0 radical (unpaired) electrons. The van der Waals surface area contributed by atoms with Gasteiger partial charge in [0.1, 0.15) is 6.54 Å². The first kappa shape index (κ1) is 17.9. The van der Waals surface area contributed by atoms with E-state index in [1.807, 2.05) is 55.6 Å². The van der Waals surface area contributed by atoms with Gasteiger partial charge >= 0.3 is 11.7 Å². The van der Waals surface area contributed by atoms with E-state index in [0.29, 0.717) is 16.7 Å². The van der Waals surface area contributed by atoms with Crippen molar-refractivity contribution in [2.24, 2.45) is 0 Å². The number of hydrogen-bond acceptors (Lipinski definition) is 4. The maximum absolute atomic E-state index is 13.1. The van der Waals surface area contributed by atoms with Gasteiger partial charge in [0, 0.05) is 11.8 Å². The van der Waals surface area contributed by atoms with Crippen LogP contribution in [0.4, 0.5) is 0 Å². The fourth-order valence-corrected chi connectivity index (χ4v) is 3.81. The molecule has 148 valence electrons. The summed E-state index contributed by atoms with van der Waals surface area (Å²) in [6, 6.07) is 14.9. The molecular formula is C22H17N5O3. The van der Waals surface area contributed by atoms with Crippen LogP contribution in [-0.2, 0) is 11.3 Å². The molecule has 4 aromatic heterocycles. The molecule has 0 aliphatic heterocycles. The lowest BCUT2D eigenvalue weighted by Gasteiger charge is -2.06. The Morgan fingerprint density at radius 3 is 2.63 bits per heavy atom. The summed E-state index contributed by atoms with van der Waals surface area (Å²) in [7, 11) is 0. The zero-order valence-corrected chi connectivity index (χ0v) is 16.1. The molecule has 5 rings (SSSR count). The van der Waals surface area contributed by atoms with Crippen LogP contribution in [0.1, 0.15) is 5.56 Å². The van der Waals surface area contributed by atoms with Crippen LogP contribution in [0.3, 0.4) is 0 Å². The molecule has 0 unspecified atom stereocenters. The second-order valence-electron chi connectivity index (χ2n) is 7.03. The van der Waals surface area contributed by atoms with E-state index in [1.165, 1.54) is 9.13 Å². The third-order valence-corrected chi connectivity index (χ3v) is 5.15. The van der Waals surface area contributed by atoms with Crippen molar-refractivity contribution in [1.82, 2.24) is 23.7 Å². The lowest BCUT2D eigenvalue weighted by Crippen LogP contribution is -2.26. The molecule has 0 bridgehead atoms. The fourth-order valence-electron chi connectivity index (χ4n) is 3.81. The molecule has 0 aliphatic rings. The lowest BCUT2D eigenvalue weighted by atomic mass is 10.1. The number of carboxylic acid groups (broad SMARTS) is 1. The van der Waals surface area contributed by atoms with E-state index in [4.69, 9.17) is 0 Å². The molecule has 8 heteroatoms. The van der Waals surface area contributed by atoms with Crippen LogP contribution in [0.5, 0.6) is 0 Å². The summed E-state index contributed by atoms with van der Waals surface area (Å²) < 4.78 is 4.56. The van der Waals surface area contributed by atoms with Gasteiger partial charge in [-0.3, -0.25) is 18.9 Å². The summed E-state index contributed by atoms with van der Waals surface area (Å²) in [4.78, 5) is 28.9. The van der Waals surface area contributed by atoms with Gasteiger partial charge < -0.3 is 5.11 Å². The van der Waals surface area contributed by atoms with Gasteiger partial charge in [-0.05, 0) is 42.8 Å². The molecule has 0 amide bonds. The molecule has 0 spiro atoms. The molecule has 0 saturated heterocycles. The highest BCUT2D eigenvalue weighted by molar-refractivity contribution is 5.83. The van der Waals surface area contributed by atoms with Crippen molar-refractivity contribution >= 4 is 22.5 Å². The molecule has 0 fully saturated rings. The molecule has 0 aliphatic carbocycles. The molecule has 30 heavy (non-hydrogen) atoms. The minimum absolute atomic E-state index is 0.403. The second-order valence-corrected chi connectivity index (χ2v) is 7.03. The number of benzene rings is 1. The van der Waals surface area contributed by atoms with Gasteiger partial charge in [-0.1, -0.05) is 18.2 Å². The lowest BCUT2D eigenvalue weighted by molar-refractivity contribution is -0.137. The first-order valence-corrected chi connectivity index (χ1v) is 9.36. The zero-order chi connectivity index (χ0) is 20.8. The summed E-state index contributed by atoms with van der Waals surface area (Å²) >= 11 is 0. The molecule has 4 heterocycles. The third kappa shape index (κ3) is 2.69. The Bertz CT molecular complexity index is 1470. The van der Waals surface area contributed by atoms with Crippen molar-refractivity contribution in [2.75, 3.05) is 0 Å². The number of fused-ring (bicyclic) bond motifs is 2. The quantitative estimate of drug-likeness (QED) is 0.501. The Kier molecular flexibility index (Phi) is 3.99. The molecule has 0 saturated carbocycles. The van der Waals surface area contributed by atoms with Crippen molar-refractivity contribution in [3.63, 3.8) is 0 Å². The van der Waals surface area contributed by atoms with Crippen LogP contribution >= 0.6 is 0 Å². The molecule has 8 nitrogen and oxygen atoms in total. The Morgan fingerprint density at radius 1 is 1.03 bits per heavy atom. The number of carbonyl (C=O) groups is 1. The van der Waals surface area contributed by atoms with E-state index in [9.17, 15) is 14.7 Å². The first-order valence-electron chi connectivity index (χ1n) is 9.36. The summed E-state index contributed by atoms with van der Waals surface area (Å²) in [6.45, 7) is 1.49. The number of aryl methyl sites for hydroxylation is 1. The monoisotopic (exact) mass is 399 g/mol. The number of para-hydroxylation sites is 1. The van der Waals surface area contributed by atoms with Gasteiger partial charge in [0.15, 0.2) is 0 Å². The van der Waals surface area contributed by atoms with Crippen LogP contribution in [-0.4, -0.2) is 34.8 Å². The van der Waals surface area contributed by atoms with Gasteiger partial charge in [-0.15, -0.1) is 0 Å². The normalized spacial score (nSPS) is 11.4. The van der Waals surface area contributed by atoms with E-state index in [2.05, 4.69) is 10.1 Å². The largest absolute Gasteiger partial charge is 0.480 e. The Labute approximate surface area is 170 Å². The predicted octanol–water partition coefficient (Wildman–Crippen LogP) is 2.89. The SMILES string of the molecule is Cc1cccc2c1n(-c1ccc(-c3cnn4ccccc34)nc1)c(=O)n2CC(=O)O. The number of aliphatic carboxylic acids is 1. The van der Waals surface area contributed by atoms with Crippen molar-refractivity contribution in [2.45, 2.75) is 13.5 Å². The molecular weight excluding hydrogens is 382 g/mol. The highest BCUT2D eigenvalue weighted by Crippen LogP contribution is 2.25. The topological polar surface area (TPSA) is 94.4 Å². The standard InChI is InChI=1S/C22H17N5O3/c1-14-5-4-7-19-21(14)27(22(30)25(19)13-20(28)29)15-8-9-17(23-11-15)16-12-24-26-10-3-2-6-18(16)26/h2-12H,13H2,1H3,(H,28,29). The summed E-state index contributed by atoms with van der Waals surface area (Å²) in [6.07, 6.45) is 5.25. The highest BCUT2D eigenvalue weighted by atomic mass is 16.4. The van der Waals surface area contributed by atoms with Crippen molar-refractivity contribution in [1.29, 1.82) is 0 Å². The fraction of sp³-hybridized carbons (Fsp3) is 0.0909. The second kappa shape index (κ2) is 6.70. The third-order valence-electron chi connectivity index (χ3n) is 5.15. The van der Waals surface area contributed by atoms with Gasteiger partial charge in [-0.2, -0.15) is 5.10 Å². The van der Waals surface area contributed by atoms with E-state index < -0.39 is 18.2 Å². The van der Waals surface area contributed by atoms with Crippen LogP contribution < -0.4 is 5.69 Å². The summed E-state index contributed by atoms with van der Waals surface area (Å²) in [5.41, 5.74) is 4.85. The number of imidazole rings is 1. The number of hydrogen-bond donors (Lipinski definition) is 1. The molecule has 1 N–H and O–H groups in total. The van der Waals surface area contributed by atoms with Gasteiger partial charge in [0.25, 0.3) is 0 Å². The van der Waals surface area contributed by atoms with E-state index in [-0.39, 0.29) is 0 Å². The van der Waals surface area contributed by atoms with Crippen LogP contribution in [0.2, 0.25) is 0 Å². The number of nitrogens with zero attached hydrogens (tertiary/aromatic N) is 5. The predicted molar refractivity (Wildman–Crippen MR) is 112 cm³/mol. The van der Waals surface area contributed by atoms with Crippen LogP contribution in [0.15, 0.2) is 71.9 Å². The van der Waals surface area contributed by atoms with E-state index in [1.54, 1.807) is 23.0 Å². The number of rotatable bonds is 4. The number of pyridine rings is 2. The summed E-state index contributed by atoms with van der Waals surface area (Å²) in [5, 5.41) is 13.6. The van der Waals surface area contributed by atoms with Crippen LogP contribution in [0.25, 0.3) is 33.5 Å². The van der Waals surface area contributed by atoms with Crippen molar-refractivity contribution in [3.05, 3.63) is 83.2 Å². The van der Waals surface area contributed by atoms with Crippen molar-refractivity contribution < 1.29 is 9.90 Å². The zero-order valence-electron chi connectivity index (χ0n) is 16.1. The minimum Gasteiger partial charge on any atom is -0.480 e. The van der Waals surface area contributed by atoms with E-state index in [0.717, 1.165) is 22.3 Å². The van der Waals surface area contributed by atoms with Gasteiger partial charge in [-0.25, -0.2) is 9.31 Å². The number of carboxylic acids is 1. The van der Waals surface area contributed by atoms with Crippen molar-refractivity contribution in [3.8, 4) is 16.9 Å². The maximum atomic E-state index is 13.1. The van der Waals surface area contributed by atoms with Gasteiger partial charge in [0.05, 0.1) is 40.3 Å².